The van der Waals surface area contributed by atoms with Crippen molar-refractivity contribution in [2.24, 2.45) is 0 Å². The van der Waals surface area contributed by atoms with Crippen LogP contribution in [-0.4, -0.2) is 15.2 Å². The molecule has 0 saturated heterocycles. The predicted molar refractivity (Wildman–Crippen MR) is 107 cm³/mol. The Kier molecular flexibility index (Phi) is 3.47. The van der Waals surface area contributed by atoms with E-state index >= 15 is 0 Å². The molecule has 0 amide bonds. The Balaban J connectivity index is 1.80. The van der Waals surface area contributed by atoms with Crippen LogP contribution in [0.3, 0.4) is 0 Å². The minimum absolute atomic E-state index is 0.244. The summed E-state index contributed by atoms with van der Waals surface area (Å²) in [5, 5.41) is 20.1. The average molecular weight is 351 g/mol. The van der Waals surface area contributed by atoms with E-state index in [9.17, 15) is 10.2 Å². The molecule has 27 heavy (non-hydrogen) atoms. The molecule has 0 unspecified atom stereocenters. The molecule has 0 bridgehead atoms. The van der Waals surface area contributed by atoms with Gasteiger partial charge in [-0.2, -0.15) is 0 Å². The Bertz CT molecular complexity index is 1150. The number of pyridine rings is 1. The third kappa shape index (κ3) is 2.56. The van der Waals surface area contributed by atoms with Gasteiger partial charge in [0.15, 0.2) is 0 Å². The van der Waals surface area contributed by atoms with Crippen LogP contribution in [-0.2, 0) is 6.42 Å². The lowest BCUT2D eigenvalue weighted by Crippen LogP contribution is -1.94. The zero-order valence-electron chi connectivity index (χ0n) is 14.6. The summed E-state index contributed by atoms with van der Waals surface area (Å²) in [7, 11) is 0. The third-order valence-corrected chi connectivity index (χ3v) is 5.10. The number of aromatic nitrogens is 1. The molecule has 3 nitrogen and oxygen atoms in total. The molecular weight excluding hydrogens is 334 g/mol. The van der Waals surface area contributed by atoms with Gasteiger partial charge in [0.1, 0.15) is 11.5 Å². The molecule has 0 saturated carbocycles. The van der Waals surface area contributed by atoms with Crippen molar-refractivity contribution in [1.29, 1.82) is 0 Å². The minimum atomic E-state index is 0.244. The second-order valence-electron chi connectivity index (χ2n) is 6.78. The highest BCUT2D eigenvalue weighted by Gasteiger charge is 2.27. The SMILES string of the molecule is Oc1ccc(-c2cc(-c3ccccc3)nc3c2Cc2cccc(O)c2-3)cc1. The molecule has 1 heterocycles. The van der Waals surface area contributed by atoms with Crippen LogP contribution in [0.25, 0.3) is 33.6 Å². The second-order valence-corrected chi connectivity index (χ2v) is 6.78. The fourth-order valence-electron chi connectivity index (χ4n) is 3.81. The van der Waals surface area contributed by atoms with Crippen molar-refractivity contribution < 1.29 is 10.2 Å². The Morgan fingerprint density at radius 2 is 1.52 bits per heavy atom. The highest BCUT2D eigenvalue weighted by Crippen LogP contribution is 2.45. The first-order chi connectivity index (χ1) is 13.2. The highest BCUT2D eigenvalue weighted by atomic mass is 16.3. The van der Waals surface area contributed by atoms with E-state index in [0.29, 0.717) is 0 Å². The molecule has 1 aliphatic rings. The first kappa shape index (κ1) is 15.6. The lowest BCUT2D eigenvalue weighted by Gasteiger charge is -2.12. The van der Waals surface area contributed by atoms with E-state index in [1.54, 1.807) is 18.2 Å². The predicted octanol–water partition coefficient (Wildman–Crippen LogP) is 5.40. The topological polar surface area (TPSA) is 53.4 Å². The quantitative estimate of drug-likeness (QED) is 0.448. The number of hydrogen-bond donors (Lipinski definition) is 2. The van der Waals surface area contributed by atoms with Crippen LogP contribution in [0.1, 0.15) is 11.1 Å². The smallest absolute Gasteiger partial charge is 0.125 e. The maximum Gasteiger partial charge on any atom is 0.125 e. The molecule has 0 radical (unpaired) electrons. The van der Waals surface area contributed by atoms with Gasteiger partial charge < -0.3 is 10.2 Å². The molecule has 0 aliphatic heterocycles. The molecule has 3 heteroatoms. The number of nitrogens with zero attached hydrogens (tertiary/aromatic N) is 1. The van der Waals surface area contributed by atoms with Crippen molar-refractivity contribution in [3.05, 3.63) is 90.0 Å². The number of hydrogen-bond acceptors (Lipinski definition) is 3. The van der Waals surface area contributed by atoms with Crippen LogP contribution >= 0.6 is 0 Å². The summed E-state index contributed by atoms with van der Waals surface area (Å²) >= 11 is 0. The fourth-order valence-corrected chi connectivity index (χ4v) is 3.81. The van der Waals surface area contributed by atoms with Crippen molar-refractivity contribution in [3.8, 4) is 45.1 Å². The van der Waals surface area contributed by atoms with Gasteiger partial charge in [-0.05, 0) is 46.5 Å². The molecule has 1 aliphatic carbocycles. The summed E-state index contributed by atoms with van der Waals surface area (Å²) in [6, 6.07) is 25.0. The van der Waals surface area contributed by atoms with Crippen LogP contribution in [0, 0.1) is 0 Å². The van der Waals surface area contributed by atoms with Crippen molar-refractivity contribution in [2.45, 2.75) is 6.42 Å². The molecule has 4 aromatic rings. The number of aromatic hydroxyl groups is 2. The Morgan fingerprint density at radius 3 is 2.30 bits per heavy atom. The van der Waals surface area contributed by atoms with Gasteiger partial charge in [-0.15, -0.1) is 0 Å². The Morgan fingerprint density at radius 1 is 0.741 bits per heavy atom. The number of fused-ring (bicyclic) bond motifs is 3. The lowest BCUT2D eigenvalue weighted by molar-refractivity contribution is 0.475. The maximum absolute atomic E-state index is 10.5. The number of phenols is 2. The Hall–Kier alpha value is -3.59. The zero-order valence-corrected chi connectivity index (χ0v) is 14.6. The first-order valence-corrected chi connectivity index (χ1v) is 8.90. The van der Waals surface area contributed by atoms with Gasteiger partial charge in [0, 0.05) is 17.5 Å². The van der Waals surface area contributed by atoms with E-state index in [4.69, 9.17) is 4.98 Å². The average Bonchev–Trinajstić information content (AvgIpc) is 3.08. The second kappa shape index (κ2) is 5.99. The molecule has 3 aromatic carbocycles. The van der Waals surface area contributed by atoms with Gasteiger partial charge in [0.25, 0.3) is 0 Å². The molecule has 1 aromatic heterocycles. The lowest BCUT2D eigenvalue weighted by atomic mass is 9.96. The van der Waals surface area contributed by atoms with Gasteiger partial charge in [-0.25, -0.2) is 4.98 Å². The van der Waals surface area contributed by atoms with Crippen molar-refractivity contribution in [3.63, 3.8) is 0 Å². The summed E-state index contributed by atoms with van der Waals surface area (Å²) in [6.45, 7) is 0. The fraction of sp³-hybridized carbons (Fsp3) is 0.0417. The van der Waals surface area contributed by atoms with E-state index in [0.717, 1.165) is 51.2 Å². The molecule has 5 rings (SSSR count). The number of rotatable bonds is 2. The van der Waals surface area contributed by atoms with Gasteiger partial charge in [-0.1, -0.05) is 54.6 Å². The van der Waals surface area contributed by atoms with Gasteiger partial charge in [0.05, 0.1) is 11.4 Å². The van der Waals surface area contributed by atoms with Crippen LogP contribution < -0.4 is 0 Å². The largest absolute Gasteiger partial charge is 0.508 e. The van der Waals surface area contributed by atoms with Gasteiger partial charge in [-0.3, -0.25) is 0 Å². The van der Waals surface area contributed by atoms with Crippen LogP contribution in [0.5, 0.6) is 11.5 Å². The molecule has 0 atom stereocenters. The summed E-state index contributed by atoms with van der Waals surface area (Å²) in [4.78, 5) is 4.92. The summed E-state index contributed by atoms with van der Waals surface area (Å²) in [5.41, 5.74) is 7.86. The van der Waals surface area contributed by atoms with E-state index in [2.05, 4.69) is 6.07 Å². The van der Waals surface area contributed by atoms with E-state index in [1.807, 2.05) is 54.6 Å². The number of phenolic OH excluding ortho intramolecular Hbond substituents is 2. The monoisotopic (exact) mass is 351 g/mol. The summed E-state index contributed by atoms with van der Waals surface area (Å²) in [6.07, 6.45) is 0.733. The van der Waals surface area contributed by atoms with E-state index in [1.165, 1.54) is 0 Å². The van der Waals surface area contributed by atoms with Gasteiger partial charge in [0.2, 0.25) is 0 Å². The highest BCUT2D eigenvalue weighted by molar-refractivity contribution is 5.88. The number of benzene rings is 3. The maximum atomic E-state index is 10.5. The van der Waals surface area contributed by atoms with E-state index in [-0.39, 0.29) is 11.5 Å². The molecule has 2 N–H and O–H groups in total. The zero-order chi connectivity index (χ0) is 18.4. The van der Waals surface area contributed by atoms with Gasteiger partial charge >= 0.3 is 0 Å². The van der Waals surface area contributed by atoms with Crippen molar-refractivity contribution >= 4 is 0 Å². The minimum Gasteiger partial charge on any atom is -0.508 e. The van der Waals surface area contributed by atoms with Crippen LogP contribution in [0.15, 0.2) is 78.9 Å². The standard InChI is InChI=1S/C24H17NO2/c26-18-11-9-15(10-12-18)19-14-21(16-5-2-1-3-6-16)25-24-20(19)13-17-7-4-8-22(27)23(17)24/h1-12,14,26-27H,13H2. The third-order valence-electron chi connectivity index (χ3n) is 5.10. The van der Waals surface area contributed by atoms with Crippen molar-refractivity contribution in [2.75, 3.05) is 0 Å². The first-order valence-electron chi connectivity index (χ1n) is 8.90. The summed E-state index contributed by atoms with van der Waals surface area (Å²) in [5.74, 6) is 0.509. The van der Waals surface area contributed by atoms with Crippen LogP contribution in [0.2, 0.25) is 0 Å². The molecule has 130 valence electrons. The van der Waals surface area contributed by atoms with E-state index < -0.39 is 0 Å². The molecule has 0 spiro atoms. The molecule has 0 fully saturated rings. The van der Waals surface area contributed by atoms with Crippen molar-refractivity contribution in [1.82, 2.24) is 4.98 Å². The molecular formula is C24H17NO2. The van der Waals surface area contributed by atoms with Crippen LogP contribution in [0.4, 0.5) is 0 Å². The normalized spacial score (nSPS) is 11.9. The Labute approximate surface area is 157 Å². The summed E-state index contributed by atoms with van der Waals surface area (Å²) < 4.78 is 0.